The third-order valence-electron chi connectivity index (χ3n) is 6.75. The quantitative estimate of drug-likeness (QED) is 0.738. The molecule has 2 N–H and O–H groups in total. The van der Waals surface area contributed by atoms with Crippen molar-refractivity contribution in [1.29, 1.82) is 0 Å². The van der Waals surface area contributed by atoms with E-state index in [1.807, 2.05) is 49.4 Å². The van der Waals surface area contributed by atoms with Crippen molar-refractivity contribution in [2.45, 2.75) is 57.5 Å². The number of rotatable bonds is 5. The lowest BCUT2D eigenvalue weighted by Gasteiger charge is -2.34. The number of hydrogen-bond donors (Lipinski definition) is 2. The van der Waals surface area contributed by atoms with Crippen LogP contribution in [-0.2, 0) is 9.59 Å². The third kappa shape index (κ3) is 3.66. The van der Waals surface area contributed by atoms with Crippen LogP contribution in [0.5, 0.6) is 0 Å². The van der Waals surface area contributed by atoms with Crippen molar-refractivity contribution in [2.24, 2.45) is 5.92 Å². The van der Waals surface area contributed by atoms with Gasteiger partial charge in [-0.2, -0.15) is 0 Å². The molecule has 30 heavy (non-hydrogen) atoms. The zero-order valence-electron chi connectivity index (χ0n) is 17.6. The predicted molar refractivity (Wildman–Crippen MR) is 116 cm³/mol. The summed E-state index contributed by atoms with van der Waals surface area (Å²) in [5.74, 6) is 0.0208. The molecule has 4 amide bonds. The van der Waals surface area contributed by atoms with Crippen LogP contribution < -0.4 is 10.6 Å². The number of benzene rings is 2. The molecule has 6 nitrogen and oxygen atoms in total. The number of carbonyl (C=O) groups is 3. The Kier molecular flexibility index (Phi) is 5.50. The molecule has 1 saturated heterocycles. The van der Waals surface area contributed by atoms with Crippen molar-refractivity contribution in [2.75, 3.05) is 6.54 Å². The fourth-order valence-electron chi connectivity index (χ4n) is 4.87. The van der Waals surface area contributed by atoms with Crippen molar-refractivity contribution in [3.05, 3.63) is 48.0 Å². The summed E-state index contributed by atoms with van der Waals surface area (Å²) in [5.41, 5.74) is 0.192. The Morgan fingerprint density at radius 3 is 2.60 bits per heavy atom. The monoisotopic (exact) mass is 407 g/mol. The smallest absolute Gasteiger partial charge is 0.325 e. The lowest BCUT2D eigenvalue weighted by molar-refractivity contribution is -0.136. The van der Waals surface area contributed by atoms with Gasteiger partial charge in [-0.15, -0.1) is 0 Å². The van der Waals surface area contributed by atoms with Gasteiger partial charge in [0.15, 0.2) is 0 Å². The minimum Gasteiger partial charge on any atom is -0.348 e. The molecule has 4 rings (SSSR count). The lowest BCUT2D eigenvalue weighted by Crippen LogP contribution is -2.50. The van der Waals surface area contributed by atoms with Crippen LogP contribution in [0.25, 0.3) is 10.8 Å². The molecule has 0 radical (unpaired) electrons. The van der Waals surface area contributed by atoms with Crippen molar-refractivity contribution < 1.29 is 14.4 Å². The Morgan fingerprint density at radius 2 is 1.87 bits per heavy atom. The first-order chi connectivity index (χ1) is 14.4. The van der Waals surface area contributed by atoms with E-state index < -0.39 is 11.6 Å². The van der Waals surface area contributed by atoms with Gasteiger partial charge in [0.2, 0.25) is 5.91 Å². The van der Waals surface area contributed by atoms with Crippen LogP contribution in [0.2, 0.25) is 0 Å². The topological polar surface area (TPSA) is 78.5 Å². The van der Waals surface area contributed by atoms with E-state index in [2.05, 4.69) is 17.6 Å². The molecule has 2 aliphatic rings. The van der Waals surface area contributed by atoms with Gasteiger partial charge in [0.1, 0.15) is 12.1 Å². The van der Waals surface area contributed by atoms with Crippen LogP contribution in [0.4, 0.5) is 4.79 Å². The van der Waals surface area contributed by atoms with E-state index >= 15 is 0 Å². The first-order valence-corrected chi connectivity index (χ1v) is 10.8. The normalized spacial score (nSPS) is 24.9. The molecule has 1 aliphatic heterocycles. The largest absolute Gasteiger partial charge is 0.348 e. The molecule has 0 bridgehead atoms. The number of imide groups is 1. The Bertz CT molecular complexity index is 973. The molecule has 1 unspecified atom stereocenters. The number of nitrogens with zero attached hydrogens (tertiary/aromatic N) is 1. The number of nitrogens with one attached hydrogen (secondary N) is 2. The molecule has 1 heterocycles. The molecular formula is C24H29N3O3. The Labute approximate surface area is 177 Å². The van der Waals surface area contributed by atoms with Gasteiger partial charge in [-0.25, -0.2) is 4.79 Å². The van der Waals surface area contributed by atoms with Gasteiger partial charge in [-0.05, 0) is 54.9 Å². The summed E-state index contributed by atoms with van der Waals surface area (Å²) < 4.78 is 0. The highest BCUT2D eigenvalue weighted by molar-refractivity contribution is 6.09. The summed E-state index contributed by atoms with van der Waals surface area (Å²) in [7, 11) is 0. The van der Waals surface area contributed by atoms with Gasteiger partial charge >= 0.3 is 6.03 Å². The molecule has 158 valence electrons. The number of amides is 4. The van der Waals surface area contributed by atoms with E-state index in [4.69, 9.17) is 0 Å². The van der Waals surface area contributed by atoms with Crippen LogP contribution in [0.3, 0.4) is 0 Å². The minimum atomic E-state index is -0.815. The molecule has 2 aromatic rings. The number of fused-ring (bicyclic) bond motifs is 1. The van der Waals surface area contributed by atoms with Crippen LogP contribution in [0, 0.1) is 5.92 Å². The van der Waals surface area contributed by atoms with Crippen molar-refractivity contribution >= 4 is 28.6 Å². The van der Waals surface area contributed by atoms with E-state index in [9.17, 15) is 14.4 Å². The Hall–Kier alpha value is -2.89. The number of urea groups is 1. The maximum absolute atomic E-state index is 13.0. The molecule has 2 fully saturated rings. The summed E-state index contributed by atoms with van der Waals surface area (Å²) in [6.07, 6.45) is 4.26. The standard InChI is InChI=1S/C24H29N3O3/c1-3-17-11-13-24(14-12-17)22(29)27(23(30)26-24)15-21(28)25-16(2)19-10-6-8-18-7-4-5-9-20(18)19/h4-10,16-17H,3,11-15H2,1-2H3,(H,25,28)(H,26,30). The summed E-state index contributed by atoms with van der Waals surface area (Å²) in [6.45, 7) is 3.82. The molecule has 1 atom stereocenters. The Balaban J connectivity index is 1.42. The first-order valence-electron chi connectivity index (χ1n) is 10.8. The second kappa shape index (κ2) is 8.09. The van der Waals surface area contributed by atoms with E-state index in [-0.39, 0.29) is 24.4 Å². The average molecular weight is 408 g/mol. The van der Waals surface area contributed by atoms with Crippen LogP contribution >= 0.6 is 0 Å². The molecule has 6 heteroatoms. The minimum absolute atomic E-state index is 0.238. The van der Waals surface area contributed by atoms with E-state index in [1.165, 1.54) is 0 Å². The van der Waals surface area contributed by atoms with Gasteiger partial charge in [-0.3, -0.25) is 14.5 Å². The van der Waals surface area contributed by atoms with Gasteiger partial charge in [0.05, 0.1) is 6.04 Å². The van der Waals surface area contributed by atoms with Crippen molar-refractivity contribution in [1.82, 2.24) is 15.5 Å². The average Bonchev–Trinajstić information content (AvgIpc) is 2.97. The summed E-state index contributed by atoms with van der Waals surface area (Å²) in [5, 5.41) is 8.02. The van der Waals surface area contributed by atoms with Gasteiger partial charge in [-0.1, -0.05) is 55.8 Å². The van der Waals surface area contributed by atoms with Crippen LogP contribution in [0.15, 0.2) is 42.5 Å². The predicted octanol–water partition coefficient (Wildman–Crippen LogP) is 3.91. The number of hydrogen-bond acceptors (Lipinski definition) is 3. The molecule has 1 spiro atoms. The highest BCUT2D eigenvalue weighted by atomic mass is 16.2. The SMILES string of the molecule is CCC1CCC2(CC1)NC(=O)N(CC(=O)NC(C)c1cccc3ccccc13)C2=O. The molecule has 0 aromatic heterocycles. The summed E-state index contributed by atoms with van der Waals surface area (Å²) >= 11 is 0. The number of carbonyl (C=O) groups excluding carboxylic acids is 3. The zero-order valence-corrected chi connectivity index (χ0v) is 17.6. The fraction of sp³-hybridized carbons (Fsp3) is 0.458. The summed E-state index contributed by atoms with van der Waals surface area (Å²) in [4.78, 5) is 39.3. The van der Waals surface area contributed by atoms with Crippen LogP contribution in [0.1, 0.15) is 57.6 Å². The maximum Gasteiger partial charge on any atom is 0.325 e. The van der Waals surface area contributed by atoms with E-state index in [0.29, 0.717) is 18.8 Å². The highest BCUT2D eigenvalue weighted by Gasteiger charge is 2.52. The fourth-order valence-corrected chi connectivity index (χ4v) is 4.87. The second-order valence-electron chi connectivity index (χ2n) is 8.61. The highest BCUT2D eigenvalue weighted by Crippen LogP contribution is 2.37. The van der Waals surface area contributed by atoms with Crippen molar-refractivity contribution in [3.63, 3.8) is 0 Å². The first kappa shape index (κ1) is 20.4. The second-order valence-corrected chi connectivity index (χ2v) is 8.61. The maximum atomic E-state index is 13.0. The molecule has 2 aromatic carbocycles. The van der Waals surface area contributed by atoms with Gasteiger partial charge in [0.25, 0.3) is 5.91 Å². The van der Waals surface area contributed by atoms with E-state index in [1.54, 1.807) is 0 Å². The molecule has 1 saturated carbocycles. The third-order valence-corrected chi connectivity index (χ3v) is 6.75. The summed E-state index contributed by atoms with van der Waals surface area (Å²) in [6, 6.07) is 13.3. The van der Waals surface area contributed by atoms with E-state index in [0.717, 1.165) is 40.5 Å². The lowest BCUT2D eigenvalue weighted by atomic mass is 9.75. The zero-order chi connectivity index (χ0) is 21.3. The molecule has 1 aliphatic carbocycles. The molecular weight excluding hydrogens is 378 g/mol. The van der Waals surface area contributed by atoms with Gasteiger partial charge < -0.3 is 10.6 Å². The van der Waals surface area contributed by atoms with Crippen LogP contribution in [-0.4, -0.2) is 34.8 Å². The Morgan fingerprint density at radius 1 is 1.17 bits per heavy atom. The van der Waals surface area contributed by atoms with Gasteiger partial charge in [0, 0.05) is 0 Å². The van der Waals surface area contributed by atoms with Crippen molar-refractivity contribution in [3.8, 4) is 0 Å².